The van der Waals surface area contributed by atoms with Gasteiger partial charge in [0.15, 0.2) is 0 Å². The van der Waals surface area contributed by atoms with Gasteiger partial charge in [-0.1, -0.05) is 135 Å². The van der Waals surface area contributed by atoms with E-state index in [-0.39, 0.29) is 5.41 Å². The predicted molar refractivity (Wildman–Crippen MR) is 208 cm³/mol. The first-order chi connectivity index (χ1) is 24.1. The number of hydrogen-bond donors (Lipinski definition) is 0. The number of para-hydroxylation sites is 1. The Kier molecular flexibility index (Phi) is 5.95. The Morgan fingerprint density at radius 3 is 1.88 bits per heavy atom. The van der Waals surface area contributed by atoms with Crippen LogP contribution in [0, 0.1) is 0 Å². The topological polar surface area (TPSA) is 8.17 Å². The lowest BCUT2D eigenvalue weighted by Crippen LogP contribution is -2.15. The highest BCUT2D eigenvalue weighted by Gasteiger charge is 2.35. The second-order valence-corrected chi connectivity index (χ2v) is 13.8. The molecule has 2 heteroatoms. The van der Waals surface area contributed by atoms with Crippen LogP contribution >= 0.6 is 0 Å². The number of benzene rings is 8. The molecule has 8 aromatic carbocycles. The van der Waals surface area contributed by atoms with Gasteiger partial charge in [0, 0.05) is 38.3 Å². The molecule has 232 valence electrons. The number of fused-ring (bicyclic) bond motifs is 8. The molecule has 1 aliphatic rings. The SMILES string of the molecule is CC1(C)c2ccccc2-c2cc(N(c3ccc4c(c3)c3ccccc3n4-c3cccc4ccccc34)c3cccc4ccccc34)ccc21. The average Bonchev–Trinajstić information content (AvgIpc) is 3.59. The lowest BCUT2D eigenvalue weighted by molar-refractivity contribution is 0.660. The van der Waals surface area contributed by atoms with Crippen molar-refractivity contribution in [3.63, 3.8) is 0 Å². The monoisotopic (exact) mass is 626 g/mol. The Balaban J connectivity index is 1.25. The molecule has 0 fully saturated rings. The summed E-state index contributed by atoms with van der Waals surface area (Å²) in [6.45, 7) is 4.69. The number of aromatic nitrogens is 1. The van der Waals surface area contributed by atoms with Gasteiger partial charge in [-0.25, -0.2) is 0 Å². The van der Waals surface area contributed by atoms with Gasteiger partial charge in [0.2, 0.25) is 0 Å². The molecule has 0 radical (unpaired) electrons. The predicted octanol–water partition coefficient (Wildman–Crippen LogP) is 12.9. The van der Waals surface area contributed by atoms with E-state index in [0.29, 0.717) is 0 Å². The fraction of sp³-hybridized carbons (Fsp3) is 0.0638. The number of rotatable bonds is 4. The van der Waals surface area contributed by atoms with E-state index in [0.717, 1.165) is 11.4 Å². The molecule has 0 bridgehead atoms. The van der Waals surface area contributed by atoms with Crippen molar-refractivity contribution >= 4 is 60.4 Å². The summed E-state index contributed by atoms with van der Waals surface area (Å²) in [5, 5.41) is 7.42. The minimum atomic E-state index is -0.0446. The quantitative estimate of drug-likeness (QED) is 0.189. The minimum Gasteiger partial charge on any atom is -0.310 e. The van der Waals surface area contributed by atoms with Crippen LogP contribution in [-0.2, 0) is 5.41 Å². The van der Waals surface area contributed by atoms with Crippen molar-refractivity contribution < 1.29 is 0 Å². The molecular weight excluding hydrogens is 593 g/mol. The van der Waals surface area contributed by atoms with E-state index in [1.807, 2.05) is 0 Å². The summed E-state index contributed by atoms with van der Waals surface area (Å²) >= 11 is 0. The Morgan fingerprint density at radius 1 is 0.429 bits per heavy atom. The molecule has 0 unspecified atom stereocenters. The van der Waals surface area contributed by atoms with Gasteiger partial charge in [-0.3, -0.25) is 0 Å². The molecule has 2 nitrogen and oxygen atoms in total. The molecule has 9 aromatic rings. The average molecular weight is 627 g/mol. The molecule has 10 rings (SSSR count). The van der Waals surface area contributed by atoms with Gasteiger partial charge in [-0.05, 0) is 81.6 Å². The summed E-state index contributed by atoms with van der Waals surface area (Å²) in [6.07, 6.45) is 0. The molecular formula is C47H34N2. The maximum absolute atomic E-state index is 2.46. The second-order valence-electron chi connectivity index (χ2n) is 13.8. The fourth-order valence-corrected chi connectivity index (χ4v) is 8.44. The number of hydrogen-bond acceptors (Lipinski definition) is 1. The van der Waals surface area contributed by atoms with Crippen LogP contribution in [0.15, 0.2) is 170 Å². The molecule has 0 N–H and O–H groups in total. The van der Waals surface area contributed by atoms with Crippen LogP contribution < -0.4 is 4.90 Å². The summed E-state index contributed by atoms with van der Waals surface area (Å²) in [5.41, 5.74) is 12.4. The van der Waals surface area contributed by atoms with Gasteiger partial charge >= 0.3 is 0 Å². The molecule has 0 amide bonds. The smallest absolute Gasteiger partial charge is 0.0542 e. The third kappa shape index (κ3) is 4.07. The van der Waals surface area contributed by atoms with Gasteiger partial charge in [0.05, 0.1) is 22.4 Å². The summed E-state index contributed by atoms with van der Waals surface area (Å²) in [4.78, 5) is 2.46. The Labute approximate surface area is 286 Å². The first kappa shape index (κ1) is 27.9. The lowest BCUT2D eigenvalue weighted by Gasteiger charge is -2.28. The van der Waals surface area contributed by atoms with E-state index in [2.05, 4.69) is 193 Å². The van der Waals surface area contributed by atoms with E-state index in [4.69, 9.17) is 0 Å². The molecule has 0 aliphatic heterocycles. The number of anilines is 3. The van der Waals surface area contributed by atoms with Crippen LogP contribution in [0.4, 0.5) is 17.1 Å². The summed E-state index contributed by atoms with van der Waals surface area (Å²) in [7, 11) is 0. The molecule has 0 spiro atoms. The molecule has 49 heavy (non-hydrogen) atoms. The normalized spacial score (nSPS) is 13.3. The molecule has 0 atom stereocenters. The maximum Gasteiger partial charge on any atom is 0.0542 e. The van der Waals surface area contributed by atoms with Gasteiger partial charge in [0.25, 0.3) is 0 Å². The second kappa shape index (κ2) is 10.4. The minimum absolute atomic E-state index is 0.0446. The van der Waals surface area contributed by atoms with E-state index in [9.17, 15) is 0 Å². The van der Waals surface area contributed by atoms with Crippen LogP contribution in [0.25, 0.3) is 60.2 Å². The van der Waals surface area contributed by atoms with Gasteiger partial charge in [-0.15, -0.1) is 0 Å². The summed E-state index contributed by atoms with van der Waals surface area (Å²) in [6, 6.07) is 62.5. The highest BCUT2D eigenvalue weighted by Crippen LogP contribution is 2.51. The number of nitrogens with zero attached hydrogens (tertiary/aromatic N) is 2. The Morgan fingerprint density at radius 2 is 1.02 bits per heavy atom. The standard InChI is InChI=1S/C47H34N2/c1-47(2)41-21-9-7-19-37(41)39-29-33(25-27-42(39)47)48(43-23-11-15-31-13-3-5-17-35(31)43)34-26-28-46-40(30-34)38-20-8-10-22-45(38)49(46)44-24-12-16-32-14-4-6-18-36(32)44/h3-30H,1-2H3. The van der Waals surface area contributed by atoms with Crippen molar-refractivity contribution in [2.45, 2.75) is 19.3 Å². The van der Waals surface area contributed by atoms with Crippen molar-refractivity contribution in [2.24, 2.45) is 0 Å². The molecule has 1 aliphatic carbocycles. The molecule has 0 saturated heterocycles. The Bertz CT molecular complexity index is 2750. The largest absolute Gasteiger partial charge is 0.310 e. The first-order valence-electron chi connectivity index (χ1n) is 17.1. The van der Waals surface area contributed by atoms with Crippen molar-refractivity contribution in [3.8, 4) is 16.8 Å². The van der Waals surface area contributed by atoms with E-state index in [1.54, 1.807) is 0 Å². The van der Waals surface area contributed by atoms with Crippen molar-refractivity contribution in [2.75, 3.05) is 4.90 Å². The van der Waals surface area contributed by atoms with E-state index in [1.165, 1.54) is 77.0 Å². The van der Waals surface area contributed by atoms with Crippen LogP contribution in [0.1, 0.15) is 25.0 Å². The highest BCUT2D eigenvalue weighted by molar-refractivity contribution is 6.12. The van der Waals surface area contributed by atoms with Gasteiger partial charge < -0.3 is 9.47 Å². The third-order valence-corrected chi connectivity index (χ3v) is 10.8. The van der Waals surface area contributed by atoms with Crippen LogP contribution in [-0.4, -0.2) is 4.57 Å². The van der Waals surface area contributed by atoms with Crippen molar-refractivity contribution in [3.05, 3.63) is 181 Å². The molecule has 1 aromatic heterocycles. The van der Waals surface area contributed by atoms with Crippen molar-refractivity contribution in [1.82, 2.24) is 4.57 Å². The highest BCUT2D eigenvalue weighted by atomic mass is 15.1. The fourth-order valence-electron chi connectivity index (χ4n) is 8.44. The van der Waals surface area contributed by atoms with Crippen LogP contribution in [0.2, 0.25) is 0 Å². The first-order valence-corrected chi connectivity index (χ1v) is 17.1. The van der Waals surface area contributed by atoms with Crippen LogP contribution in [0.3, 0.4) is 0 Å². The maximum atomic E-state index is 2.46. The molecule has 1 heterocycles. The lowest BCUT2D eigenvalue weighted by atomic mass is 9.82. The Hall–Kier alpha value is -6.12. The summed E-state index contributed by atoms with van der Waals surface area (Å²) < 4.78 is 2.44. The summed E-state index contributed by atoms with van der Waals surface area (Å²) in [5.74, 6) is 0. The van der Waals surface area contributed by atoms with Gasteiger partial charge in [-0.2, -0.15) is 0 Å². The zero-order valence-electron chi connectivity index (χ0n) is 27.6. The van der Waals surface area contributed by atoms with E-state index < -0.39 is 0 Å². The third-order valence-electron chi connectivity index (χ3n) is 10.8. The van der Waals surface area contributed by atoms with Gasteiger partial charge in [0.1, 0.15) is 0 Å². The van der Waals surface area contributed by atoms with E-state index >= 15 is 0 Å². The van der Waals surface area contributed by atoms with Crippen molar-refractivity contribution in [1.29, 1.82) is 0 Å². The molecule has 0 saturated carbocycles. The van der Waals surface area contributed by atoms with Crippen LogP contribution in [0.5, 0.6) is 0 Å². The zero-order valence-corrected chi connectivity index (χ0v) is 27.6. The zero-order chi connectivity index (χ0) is 32.7.